The highest BCUT2D eigenvalue weighted by atomic mass is 35.5. The van der Waals surface area contributed by atoms with Crippen molar-refractivity contribution in [3.8, 4) is 0 Å². The normalized spacial score (nSPS) is 9.77. The van der Waals surface area contributed by atoms with Crippen LogP contribution in [-0.2, 0) is 0 Å². The number of halogens is 3. The minimum absolute atomic E-state index is 0.240. The summed E-state index contributed by atoms with van der Waals surface area (Å²) in [5, 5.41) is 0. The lowest BCUT2D eigenvalue weighted by molar-refractivity contribution is 1.46. The molecule has 1 aromatic carbocycles. The van der Waals surface area contributed by atoms with Gasteiger partial charge < -0.3 is 0 Å². The molecule has 0 amide bonds. The lowest BCUT2D eigenvalue weighted by Crippen LogP contribution is -1.79. The smallest absolute Gasteiger partial charge is 0.117 e. The van der Waals surface area contributed by atoms with Crippen LogP contribution >= 0.6 is 46.6 Å². The Morgan fingerprint density at radius 3 is 2.23 bits per heavy atom. The van der Waals surface area contributed by atoms with Gasteiger partial charge in [-0.15, -0.1) is 11.6 Å². The van der Waals surface area contributed by atoms with Gasteiger partial charge in [0.25, 0.3) is 0 Å². The molecule has 0 aromatic heterocycles. The molecule has 13 heavy (non-hydrogen) atoms. The molecule has 0 bridgehead atoms. The Labute approximate surface area is 96.9 Å². The van der Waals surface area contributed by atoms with E-state index < -0.39 is 0 Å². The zero-order chi connectivity index (χ0) is 9.68. The number of alkyl halides is 1. The zero-order valence-electron chi connectivity index (χ0n) is 6.64. The molecular weight excluding hydrogens is 247 g/mol. The van der Waals surface area contributed by atoms with Crippen LogP contribution in [0.1, 0.15) is 0 Å². The molecule has 0 nitrogen and oxygen atoms in total. The molecule has 0 saturated carbocycles. The lowest BCUT2D eigenvalue weighted by atomic mass is 10.4. The first-order chi connectivity index (χ1) is 6.24. The third kappa shape index (κ3) is 3.82. The summed E-state index contributed by atoms with van der Waals surface area (Å²) in [5.74, 6) is 0.335. The SMILES string of the molecule is ClCC(Sc1ccccc1)=C(Cl)Cl. The fraction of sp³-hybridized carbons (Fsp3) is 0.111. The van der Waals surface area contributed by atoms with Crippen molar-refractivity contribution in [1.82, 2.24) is 0 Å². The number of thioether (sulfide) groups is 1. The predicted molar refractivity (Wildman–Crippen MR) is 61.8 cm³/mol. The first kappa shape index (κ1) is 11.3. The van der Waals surface area contributed by atoms with Crippen molar-refractivity contribution in [1.29, 1.82) is 0 Å². The Morgan fingerprint density at radius 1 is 1.15 bits per heavy atom. The van der Waals surface area contributed by atoms with Crippen molar-refractivity contribution in [2.75, 3.05) is 5.88 Å². The van der Waals surface area contributed by atoms with Crippen molar-refractivity contribution in [2.24, 2.45) is 0 Å². The Kier molecular flexibility index (Phi) is 5.04. The molecule has 0 saturated heterocycles. The topological polar surface area (TPSA) is 0 Å². The number of benzene rings is 1. The molecule has 0 aliphatic rings. The summed E-state index contributed by atoms with van der Waals surface area (Å²) in [4.78, 5) is 1.85. The molecule has 0 atom stereocenters. The predicted octanol–water partition coefficient (Wildman–Crippen LogP) is 4.66. The second-order valence-corrected chi connectivity index (χ2v) is 4.62. The van der Waals surface area contributed by atoms with Crippen LogP contribution in [0.5, 0.6) is 0 Å². The van der Waals surface area contributed by atoms with Crippen LogP contribution < -0.4 is 0 Å². The van der Waals surface area contributed by atoms with Crippen LogP contribution in [0.4, 0.5) is 0 Å². The van der Waals surface area contributed by atoms with E-state index in [4.69, 9.17) is 34.8 Å². The largest absolute Gasteiger partial charge is 0.121 e. The minimum Gasteiger partial charge on any atom is -0.121 e. The quantitative estimate of drug-likeness (QED) is 0.557. The van der Waals surface area contributed by atoms with Gasteiger partial charge in [-0.1, -0.05) is 53.2 Å². The van der Waals surface area contributed by atoms with Crippen LogP contribution in [0, 0.1) is 0 Å². The van der Waals surface area contributed by atoms with Crippen molar-refractivity contribution >= 4 is 46.6 Å². The molecule has 0 aliphatic heterocycles. The maximum absolute atomic E-state index is 5.66. The number of hydrogen-bond donors (Lipinski definition) is 0. The lowest BCUT2D eigenvalue weighted by Gasteiger charge is -2.02. The number of hydrogen-bond acceptors (Lipinski definition) is 1. The highest BCUT2D eigenvalue weighted by Gasteiger charge is 2.03. The fourth-order valence-electron chi connectivity index (χ4n) is 0.747. The van der Waals surface area contributed by atoms with Gasteiger partial charge in [0.05, 0.1) is 5.88 Å². The Balaban J connectivity index is 2.74. The molecule has 0 fully saturated rings. The van der Waals surface area contributed by atoms with Crippen LogP contribution in [0.15, 0.2) is 44.6 Å². The number of allylic oxidation sites excluding steroid dienone is 1. The second kappa shape index (κ2) is 5.82. The van der Waals surface area contributed by atoms with E-state index in [1.807, 2.05) is 30.3 Å². The average Bonchev–Trinajstić information content (AvgIpc) is 2.15. The molecule has 1 aromatic rings. The monoisotopic (exact) mass is 252 g/mol. The van der Waals surface area contributed by atoms with E-state index in [9.17, 15) is 0 Å². The Hall–Kier alpha value is 0.180. The third-order valence-electron chi connectivity index (χ3n) is 1.32. The van der Waals surface area contributed by atoms with Crippen molar-refractivity contribution < 1.29 is 0 Å². The molecule has 0 unspecified atom stereocenters. The molecule has 0 aliphatic carbocycles. The van der Waals surface area contributed by atoms with Crippen LogP contribution in [-0.4, -0.2) is 5.88 Å². The summed E-state index contributed by atoms with van der Waals surface area (Å²) in [6.45, 7) is 0. The van der Waals surface area contributed by atoms with Gasteiger partial charge in [0.2, 0.25) is 0 Å². The molecule has 0 N–H and O–H groups in total. The van der Waals surface area contributed by atoms with E-state index in [-0.39, 0.29) is 4.49 Å². The Bertz CT molecular complexity index is 291. The summed E-state index contributed by atoms with van der Waals surface area (Å²) in [7, 11) is 0. The second-order valence-electron chi connectivity index (χ2n) is 2.23. The average molecular weight is 254 g/mol. The summed E-state index contributed by atoms with van der Waals surface area (Å²) in [5.41, 5.74) is 0. The van der Waals surface area contributed by atoms with E-state index in [0.717, 1.165) is 9.80 Å². The van der Waals surface area contributed by atoms with Crippen molar-refractivity contribution in [2.45, 2.75) is 4.90 Å². The van der Waals surface area contributed by atoms with Crippen molar-refractivity contribution in [3.63, 3.8) is 0 Å². The minimum atomic E-state index is 0.240. The van der Waals surface area contributed by atoms with E-state index >= 15 is 0 Å². The Morgan fingerprint density at radius 2 is 1.77 bits per heavy atom. The fourth-order valence-corrected chi connectivity index (χ4v) is 2.26. The van der Waals surface area contributed by atoms with Gasteiger partial charge in [0, 0.05) is 9.80 Å². The summed E-state index contributed by atoms with van der Waals surface area (Å²) >= 11 is 18.4. The number of rotatable bonds is 3. The van der Waals surface area contributed by atoms with E-state index in [2.05, 4.69) is 0 Å². The van der Waals surface area contributed by atoms with Gasteiger partial charge in [0.1, 0.15) is 4.49 Å². The van der Waals surface area contributed by atoms with Crippen LogP contribution in [0.2, 0.25) is 0 Å². The maximum atomic E-state index is 5.66. The molecule has 4 heteroatoms. The van der Waals surface area contributed by atoms with Gasteiger partial charge in [-0.05, 0) is 12.1 Å². The molecule has 1 rings (SSSR count). The molecule has 70 valence electrons. The first-order valence-corrected chi connectivity index (χ1v) is 5.67. The molecular formula is C9H7Cl3S. The summed E-state index contributed by atoms with van der Waals surface area (Å²) in [6.07, 6.45) is 0. The molecule has 0 heterocycles. The summed E-state index contributed by atoms with van der Waals surface area (Å²) < 4.78 is 0.240. The summed E-state index contributed by atoms with van der Waals surface area (Å²) in [6, 6.07) is 9.82. The van der Waals surface area contributed by atoms with Gasteiger partial charge >= 0.3 is 0 Å². The first-order valence-electron chi connectivity index (χ1n) is 3.57. The van der Waals surface area contributed by atoms with Gasteiger partial charge in [0.15, 0.2) is 0 Å². The van der Waals surface area contributed by atoms with Crippen LogP contribution in [0.3, 0.4) is 0 Å². The zero-order valence-corrected chi connectivity index (χ0v) is 9.72. The standard InChI is InChI=1S/C9H7Cl3S/c10-6-8(9(11)12)13-7-4-2-1-3-5-7/h1-5H,6H2. The van der Waals surface area contributed by atoms with E-state index in [1.165, 1.54) is 11.8 Å². The van der Waals surface area contributed by atoms with Gasteiger partial charge in [-0.25, -0.2) is 0 Å². The van der Waals surface area contributed by atoms with Gasteiger partial charge in [-0.2, -0.15) is 0 Å². The van der Waals surface area contributed by atoms with E-state index in [1.54, 1.807) is 0 Å². The van der Waals surface area contributed by atoms with E-state index in [0.29, 0.717) is 5.88 Å². The molecule has 0 spiro atoms. The third-order valence-corrected chi connectivity index (χ3v) is 3.53. The van der Waals surface area contributed by atoms with Crippen molar-refractivity contribution in [3.05, 3.63) is 39.7 Å². The molecule has 0 radical (unpaired) electrons. The maximum Gasteiger partial charge on any atom is 0.117 e. The highest BCUT2D eigenvalue weighted by Crippen LogP contribution is 2.32. The van der Waals surface area contributed by atoms with Crippen LogP contribution in [0.25, 0.3) is 0 Å². The van der Waals surface area contributed by atoms with Gasteiger partial charge in [-0.3, -0.25) is 0 Å². The highest BCUT2D eigenvalue weighted by molar-refractivity contribution is 8.03.